The summed E-state index contributed by atoms with van der Waals surface area (Å²) in [4.78, 5) is 19.1. The second-order valence-electron chi connectivity index (χ2n) is 3.48. The standard InChI is InChI=1S/C9H8BrN3O3S/c1-13-7-5(3-6(10)8(13)14)4-11-9(12-7)17(2,15)16/h3-4H,1-2H3/i4D. The summed E-state index contributed by atoms with van der Waals surface area (Å²) in [5.74, 6) is 0. The van der Waals surface area contributed by atoms with Gasteiger partial charge in [-0.15, -0.1) is 0 Å². The van der Waals surface area contributed by atoms with E-state index in [1.165, 1.54) is 17.7 Å². The molecule has 0 bridgehead atoms. The molecule has 0 aliphatic rings. The Labute approximate surface area is 107 Å². The third kappa shape index (κ3) is 2.09. The molecular formula is C9H8BrN3O3S. The zero-order valence-electron chi connectivity index (χ0n) is 9.93. The van der Waals surface area contributed by atoms with Crippen LogP contribution in [0.5, 0.6) is 0 Å². The molecule has 0 unspecified atom stereocenters. The van der Waals surface area contributed by atoms with Crippen molar-refractivity contribution in [3.05, 3.63) is 27.1 Å². The molecule has 0 aliphatic heterocycles. The molecule has 2 aromatic heterocycles. The van der Waals surface area contributed by atoms with Crippen molar-refractivity contribution in [2.75, 3.05) is 6.26 Å². The zero-order valence-corrected chi connectivity index (χ0v) is 11.3. The second kappa shape index (κ2) is 3.88. The number of pyridine rings is 1. The van der Waals surface area contributed by atoms with Gasteiger partial charge in [-0.1, -0.05) is 0 Å². The Hall–Kier alpha value is -1.28. The monoisotopic (exact) mass is 318 g/mol. The van der Waals surface area contributed by atoms with Crippen molar-refractivity contribution in [2.24, 2.45) is 7.05 Å². The van der Waals surface area contributed by atoms with E-state index < -0.39 is 15.0 Å². The number of rotatable bonds is 1. The number of aryl methyl sites for hydroxylation is 1. The van der Waals surface area contributed by atoms with E-state index in [1.807, 2.05) is 0 Å². The average Bonchev–Trinajstić information content (AvgIpc) is 2.26. The summed E-state index contributed by atoms with van der Waals surface area (Å²) in [5, 5.41) is -0.159. The van der Waals surface area contributed by atoms with Crippen molar-refractivity contribution in [3.63, 3.8) is 0 Å². The van der Waals surface area contributed by atoms with Gasteiger partial charge in [-0.05, 0) is 22.0 Å². The highest BCUT2D eigenvalue weighted by molar-refractivity contribution is 9.10. The Morgan fingerprint density at radius 2 is 2.18 bits per heavy atom. The van der Waals surface area contributed by atoms with Gasteiger partial charge in [-0.2, -0.15) is 4.98 Å². The lowest BCUT2D eigenvalue weighted by Crippen LogP contribution is -2.19. The number of halogens is 1. The van der Waals surface area contributed by atoms with E-state index in [1.54, 1.807) is 0 Å². The molecule has 0 N–H and O–H groups in total. The van der Waals surface area contributed by atoms with E-state index >= 15 is 0 Å². The van der Waals surface area contributed by atoms with Crippen molar-refractivity contribution >= 4 is 36.8 Å². The van der Waals surface area contributed by atoms with Gasteiger partial charge in [0.1, 0.15) is 5.65 Å². The van der Waals surface area contributed by atoms with Crippen LogP contribution < -0.4 is 5.56 Å². The smallest absolute Gasteiger partial charge is 0.266 e. The maximum absolute atomic E-state index is 11.7. The van der Waals surface area contributed by atoms with E-state index in [0.29, 0.717) is 5.39 Å². The first kappa shape index (κ1) is 10.8. The molecule has 2 rings (SSSR count). The van der Waals surface area contributed by atoms with Gasteiger partial charge in [0.05, 0.1) is 5.84 Å². The minimum Gasteiger partial charge on any atom is -0.295 e. The SMILES string of the molecule is [2H]c1nc(S(C)(=O)=O)nc2c1cc(Br)c(=O)n2C. The first-order valence-electron chi connectivity index (χ1n) is 4.96. The number of nitrogens with zero attached hydrogens (tertiary/aromatic N) is 3. The van der Waals surface area contributed by atoms with Gasteiger partial charge in [0.15, 0.2) is 0 Å². The lowest BCUT2D eigenvalue weighted by Gasteiger charge is -2.05. The largest absolute Gasteiger partial charge is 0.295 e. The van der Waals surface area contributed by atoms with E-state index in [0.717, 1.165) is 6.26 Å². The van der Waals surface area contributed by atoms with Gasteiger partial charge in [-0.3, -0.25) is 9.36 Å². The molecule has 2 heterocycles. The zero-order chi connectivity index (χ0) is 13.7. The lowest BCUT2D eigenvalue weighted by molar-refractivity contribution is 0.593. The normalized spacial score (nSPS) is 12.8. The highest BCUT2D eigenvalue weighted by Crippen LogP contribution is 2.14. The summed E-state index contributed by atoms with van der Waals surface area (Å²) in [6.07, 6.45) is 0.710. The summed E-state index contributed by atoms with van der Waals surface area (Å²) < 4.78 is 31.9. The maximum Gasteiger partial charge on any atom is 0.266 e. The van der Waals surface area contributed by atoms with E-state index in [4.69, 9.17) is 1.37 Å². The first-order valence-corrected chi connectivity index (χ1v) is 7.14. The predicted octanol–water partition coefficient (Wildman–Crippen LogP) is 0.494. The van der Waals surface area contributed by atoms with Gasteiger partial charge in [-0.25, -0.2) is 13.4 Å². The molecule has 8 heteroatoms. The predicted molar refractivity (Wildman–Crippen MR) is 65.6 cm³/mol. The molecule has 0 atom stereocenters. The Morgan fingerprint density at radius 3 is 2.76 bits per heavy atom. The minimum atomic E-state index is -3.63. The van der Waals surface area contributed by atoms with Crippen LogP contribution in [0.1, 0.15) is 1.37 Å². The molecule has 6 nitrogen and oxygen atoms in total. The summed E-state index contributed by atoms with van der Waals surface area (Å²) in [7, 11) is -2.17. The second-order valence-corrected chi connectivity index (χ2v) is 6.25. The highest BCUT2D eigenvalue weighted by Gasteiger charge is 2.13. The number of hydrogen-bond donors (Lipinski definition) is 0. The highest BCUT2D eigenvalue weighted by atomic mass is 79.9. The Balaban J connectivity index is 3.02. The fourth-order valence-electron chi connectivity index (χ4n) is 1.30. The lowest BCUT2D eigenvalue weighted by atomic mass is 10.3. The molecule has 0 aliphatic carbocycles. The average molecular weight is 319 g/mol. The molecule has 0 spiro atoms. The molecule has 0 radical (unpaired) electrons. The molecule has 2 aromatic rings. The summed E-state index contributed by atoms with van der Waals surface area (Å²) in [6, 6.07) is 1.41. The van der Waals surface area contributed by atoms with Gasteiger partial charge in [0.2, 0.25) is 15.0 Å². The van der Waals surface area contributed by atoms with Crippen molar-refractivity contribution in [1.29, 1.82) is 0 Å². The fraction of sp³-hybridized carbons (Fsp3) is 0.222. The van der Waals surface area contributed by atoms with Crippen LogP contribution in [-0.4, -0.2) is 29.2 Å². The van der Waals surface area contributed by atoms with Gasteiger partial charge < -0.3 is 0 Å². The molecule has 0 fully saturated rings. The Bertz CT molecular complexity index is 816. The van der Waals surface area contributed by atoms with Crippen molar-refractivity contribution in [2.45, 2.75) is 5.16 Å². The van der Waals surface area contributed by atoms with E-state index in [9.17, 15) is 13.2 Å². The first-order chi connectivity index (χ1) is 8.21. The molecule has 0 saturated carbocycles. The molecule has 0 amide bonds. The van der Waals surface area contributed by atoms with Crippen molar-refractivity contribution in [3.8, 4) is 0 Å². The number of hydrogen-bond acceptors (Lipinski definition) is 5. The van der Waals surface area contributed by atoms with Crippen LogP contribution in [0.2, 0.25) is 0 Å². The summed E-state index contributed by atoms with van der Waals surface area (Å²) >= 11 is 3.07. The fourth-order valence-corrected chi connectivity index (χ4v) is 2.26. The van der Waals surface area contributed by atoms with E-state index in [-0.39, 0.29) is 21.9 Å². The minimum absolute atomic E-state index is 0.114. The molecule has 0 saturated heterocycles. The Morgan fingerprint density at radius 1 is 1.53 bits per heavy atom. The Kier molecular flexibility index (Phi) is 2.48. The van der Waals surface area contributed by atoms with E-state index in [2.05, 4.69) is 25.9 Å². The van der Waals surface area contributed by atoms with Crippen LogP contribution in [0.25, 0.3) is 11.0 Å². The number of aromatic nitrogens is 3. The van der Waals surface area contributed by atoms with Crippen LogP contribution >= 0.6 is 15.9 Å². The van der Waals surface area contributed by atoms with Crippen molar-refractivity contribution < 1.29 is 9.79 Å². The van der Waals surface area contributed by atoms with Gasteiger partial charge in [0.25, 0.3) is 5.56 Å². The number of fused-ring (bicyclic) bond motifs is 1. The van der Waals surface area contributed by atoms with Crippen LogP contribution in [0.3, 0.4) is 0 Å². The van der Waals surface area contributed by atoms with Crippen molar-refractivity contribution in [1.82, 2.24) is 14.5 Å². The van der Waals surface area contributed by atoms with Gasteiger partial charge >= 0.3 is 0 Å². The third-order valence-electron chi connectivity index (χ3n) is 2.14. The number of sulfone groups is 1. The van der Waals surface area contributed by atoms with Crippen LogP contribution in [0.15, 0.2) is 26.7 Å². The maximum atomic E-state index is 11.7. The quantitative estimate of drug-likeness (QED) is 0.715. The summed E-state index contributed by atoms with van der Waals surface area (Å²) in [5.41, 5.74) is -0.247. The third-order valence-corrected chi connectivity index (χ3v) is 3.56. The summed E-state index contributed by atoms with van der Waals surface area (Å²) in [6.45, 7) is 0. The van der Waals surface area contributed by atoms with Crippen LogP contribution in [0.4, 0.5) is 0 Å². The van der Waals surface area contributed by atoms with Crippen LogP contribution in [0, 0.1) is 0 Å². The molecule has 0 aromatic carbocycles. The molecule has 17 heavy (non-hydrogen) atoms. The molecule has 90 valence electrons. The topological polar surface area (TPSA) is 81.9 Å². The molecular weight excluding hydrogens is 310 g/mol. The van der Waals surface area contributed by atoms with Gasteiger partial charge in [0, 0.05) is 24.9 Å². The van der Waals surface area contributed by atoms with Crippen LogP contribution in [-0.2, 0) is 16.9 Å².